The van der Waals surface area contributed by atoms with Crippen LogP contribution in [0.15, 0.2) is 0 Å². The van der Waals surface area contributed by atoms with Gasteiger partial charge in [-0.3, -0.25) is 4.90 Å². The molecule has 0 atom stereocenters. The second kappa shape index (κ2) is 8.93. The van der Waals surface area contributed by atoms with Gasteiger partial charge in [0, 0.05) is 32.8 Å². The van der Waals surface area contributed by atoms with Crippen LogP contribution in [0.25, 0.3) is 0 Å². The molecule has 4 nitrogen and oxygen atoms in total. The predicted octanol–water partition coefficient (Wildman–Crippen LogP) is 1.15. The number of hydrogen-bond acceptors (Lipinski definition) is 4. The molecule has 0 aromatic heterocycles. The fourth-order valence-electron chi connectivity index (χ4n) is 1.60. The van der Waals surface area contributed by atoms with Crippen molar-refractivity contribution in [2.75, 3.05) is 52.7 Å². The van der Waals surface area contributed by atoms with Crippen LogP contribution < -0.4 is 0 Å². The second-order valence-electron chi connectivity index (χ2n) is 4.34. The largest absolute Gasteiger partial charge is 0.380 e. The molecule has 0 aliphatic carbocycles. The lowest BCUT2D eigenvalue weighted by Gasteiger charge is -2.26. The summed E-state index contributed by atoms with van der Waals surface area (Å²) < 4.78 is 16.3. The van der Waals surface area contributed by atoms with Crippen molar-refractivity contribution in [3.63, 3.8) is 0 Å². The Hall–Kier alpha value is -0.160. The molecular formula is C12H25NO3. The summed E-state index contributed by atoms with van der Waals surface area (Å²) in [5.74, 6) is 0. The topological polar surface area (TPSA) is 30.9 Å². The summed E-state index contributed by atoms with van der Waals surface area (Å²) in [6.45, 7) is 11.4. The number of morpholine rings is 1. The summed E-state index contributed by atoms with van der Waals surface area (Å²) in [6, 6.07) is 0. The predicted molar refractivity (Wildman–Crippen MR) is 63.8 cm³/mol. The first-order valence-electron chi connectivity index (χ1n) is 6.28. The third-order valence-electron chi connectivity index (χ3n) is 2.54. The number of rotatable bonds is 8. The molecule has 1 fully saturated rings. The van der Waals surface area contributed by atoms with Crippen LogP contribution in [0.1, 0.15) is 20.3 Å². The highest BCUT2D eigenvalue weighted by Gasteiger charge is 2.08. The van der Waals surface area contributed by atoms with Gasteiger partial charge >= 0.3 is 0 Å². The van der Waals surface area contributed by atoms with Crippen molar-refractivity contribution in [1.82, 2.24) is 4.90 Å². The summed E-state index contributed by atoms with van der Waals surface area (Å²) in [5.41, 5.74) is 0. The Kier molecular flexibility index (Phi) is 7.76. The zero-order chi connectivity index (χ0) is 11.6. The van der Waals surface area contributed by atoms with Gasteiger partial charge in [-0.15, -0.1) is 0 Å². The van der Waals surface area contributed by atoms with Gasteiger partial charge in [-0.1, -0.05) is 0 Å². The summed E-state index contributed by atoms with van der Waals surface area (Å²) in [6.07, 6.45) is 1.31. The standard InChI is InChI=1S/C12H25NO3/c1-12(2)16-8-3-7-14-9-4-13-5-10-15-11-6-13/h12H,3-11H2,1-2H3. The molecule has 1 aliphatic rings. The maximum Gasteiger partial charge on any atom is 0.0594 e. The van der Waals surface area contributed by atoms with E-state index >= 15 is 0 Å². The quantitative estimate of drug-likeness (QED) is 0.586. The Morgan fingerprint density at radius 3 is 2.56 bits per heavy atom. The molecule has 0 amide bonds. The molecule has 1 heterocycles. The number of ether oxygens (including phenoxy) is 3. The highest BCUT2D eigenvalue weighted by Crippen LogP contribution is 1.96. The molecule has 0 N–H and O–H groups in total. The molecule has 0 unspecified atom stereocenters. The third kappa shape index (κ3) is 7.17. The minimum absolute atomic E-state index is 0.327. The lowest BCUT2D eigenvalue weighted by molar-refractivity contribution is 0.0144. The fraction of sp³-hybridized carbons (Fsp3) is 1.00. The minimum Gasteiger partial charge on any atom is -0.380 e. The Morgan fingerprint density at radius 1 is 1.12 bits per heavy atom. The molecule has 0 aromatic rings. The second-order valence-corrected chi connectivity index (χ2v) is 4.34. The van der Waals surface area contributed by atoms with E-state index < -0.39 is 0 Å². The molecular weight excluding hydrogens is 206 g/mol. The zero-order valence-corrected chi connectivity index (χ0v) is 10.6. The first-order chi connectivity index (χ1) is 7.79. The highest BCUT2D eigenvalue weighted by atomic mass is 16.5. The first kappa shape index (κ1) is 13.9. The summed E-state index contributed by atoms with van der Waals surface area (Å²) >= 11 is 0. The van der Waals surface area contributed by atoms with Crippen LogP contribution in [-0.2, 0) is 14.2 Å². The number of nitrogens with zero attached hydrogens (tertiary/aromatic N) is 1. The van der Waals surface area contributed by atoms with Crippen molar-refractivity contribution in [2.45, 2.75) is 26.4 Å². The smallest absolute Gasteiger partial charge is 0.0594 e. The van der Waals surface area contributed by atoms with E-state index in [1.54, 1.807) is 0 Å². The monoisotopic (exact) mass is 231 g/mol. The first-order valence-corrected chi connectivity index (χ1v) is 6.28. The maximum atomic E-state index is 5.56. The zero-order valence-electron chi connectivity index (χ0n) is 10.6. The van der Waals surface area contributed by atoms with Crippen molar-refractivity contribution in [3.8, 4) is 0 Å². The third-order valence-corrected chi connectivity index (χ3v) is 2.54. The van der Waals surface area contributed by atoms with Crippen molar-refractivity contribution >= 4 is 0 Å². The lowest BCUT2D eigenvalue weighted by atomic mass is 10.4. The van der Waals surface area contributed by atoms with Crippen LogP contribution in [0.4, 0.5) is 0 Å². The molecule has 0 aromatic carbocycles. The van der Waals surface area contributed by atoms with Crippen molar-refractivity contribution in [2.24, 2.45) is 0 Å². The Labute approximate surface area is 98.8 Å². The Balaban J connectivity index is 1.80. The summed E-state index contributed by atoms with van der Waals surface area (Å²) in [7, 11) is 0. The molecule has 96 valence electrons. The minimum atomic E-state index is 0.327. The number of hydrogen-bond donors (Lipinski definition) is 0. The normalized spacial score (nSPS) is 18.2. The van der Waals surface area contributed by atoms with E-state index in [0.717, 1.165) is 59.1 Å². The van der Waals surface area contributed by atoms with E-state index in [0.29, 0.717) is 6.10 Å². The van der Waals surface area contributed by atoms with E-state index in [4.69, 9.17) is 14.2 Å². The molecule has 0 spiro atoms. The highest BCUT2D eigenvalue weighted by molar-refractivity contribution is 4.60. The molecule has 1 saturated heterocycles. The molecule has 1 aliphatic heterocycles. The molecule has 0 bridgehead atoms. The summed E-state index contributed by atoms with van der Waals surface area (Å²) in [4.78, 5) is 2.38. The van der Waals surface area contributed by atoms with Crippen LogP contribution in [0, 0.1) is 0 Å². The van der Waals surface area contributed by atoms with Crippen LogP contribution in [-0.4, -0.2) is 63.7 Å². The van der Waals surface area contributed by atoms with Crippen molar-refractivity contribution in [1.29, 1.82) is 0 Å². The van der Waals surface area contributed by atoms with Gasteiger partial charge in [-0.25, -0.2) is 0 Å². The molecule has 0 saturated carbocycles. The fourth-order valence-corrected chi connectivity index (χ4v) is 1.60. The van der Waals surface area contributed by atoms with E-state index in [2.05, 4.69) is 18.7 Å². The molecule has 16 heavy (non-hydrogen) atoms. The Bertz CT molecular complexity index is 158. The van der Waals surface area contributed by atoms with Crippen LogP contribution >= 0.6 is 0 Å². The molecule has 0 radical (unpaired) electrons. The SMILES string of the molecule is CC(C)OCCCOCCN1CCOCC1. The van der Waals surface area contributed by atoms with Crippen LogP contribution in [0.2, 0.25) is 0 Å². The van der Waals surface area contributed by atoms with E-state index in [-0.39, 0.29) is 0 Å². The van der Waals surface area contributed by atoms with Gasteiger partial charge in [0.05, 0.1) is 25.9 Å². The van der Waals surface area contributed by atoms with Gasteiger partial charge in [0.15, 0.2) is 0 Å². The van der Waals surface area contributed by atoms with Crippen LogP contribution in [0.3, 0.4) is 0 Å². The van der Waals surface area contributed by atoms with Gasteiger partial charge in [-0.2, -0.15) is 0 Å². The van der Waals surface area contributed by atoms with Crippen LogP contribution in [0.5, 0.6) is 0 Å². The molecule has 4 heteroatoms. The maximum absolute atomic E-state index is 5.56. The van der Waals surface area contributed by atoms with Gasteiger partial charge < -0.3 is 14.2 Å². The van der Waals surface area contributed by atoms with Gasteiger partial charge in [0.1, 0.15) is 0 Å². The van der Waals surface area contributed by atoms with Crippen molar-refractivity contribution in [3.05, 3.63) is 0 Å². The van der Waals surface area contributed by atoms with E-state index in [9.17, 15) is 0 Å². The van der Waals surface area contributed by atoms with E-state index in [1.165, 1.54) is 0 Å². The Morgan fingerprint density at radius 2 is 1.88 bits per heavy atom. The van der Waals surface area contributed by atoms with Gasteiger partial charge in [0.2, 0.25) is 0 Å². The average molecular weight is 231 g/mol. The van der Waals surface area contributed by atoms with Gasteiger partial charge in [-0.05, 0) is 20.3 Å². The van der Waals surface area contributed by atoms with Gasteiger partial charge in [0.25, 0.3) is 0 Å². The van der Waals surface area contributed by atoms with E-state index in [1.807, 2.05) is 0 Å². The van der Waals surface area contributed by atoms with Crippen molar-refractivity contribution < 1.29 is 14.2 Å². The summed E-state index contributed by atoms with van der Waals surface area (Å²) in [5, 5.41) is 0. The molecule has 1 rings (SSSR count). The average Bonchev–Trinajstić information content (AvgIpc) is 2.29. The lowest BCUT2D eigenvalue weighted by Crippen LogP contribution is -2.38.